The van der Waals surface area contributed by atoms with Gasteiger partial charge in [0.25, 0.3) is 0 Å². The van der Waals surface area contributed by atoms with Crippen LogP contribution in [0.15, 0.2) is 12.2 Å². The number of hydrogen-bond acceptors (Lipinski definition) is 0. The molecule has 2 nitrogen and oxygen atoms in total. The minimum absolute atomic E-state index is 0.821. The van der Waals surface area contributed by atoms with E-state index in [4.69, 9.17) is 0 Å². The number of rotatable bonds is 3. The summed E-state index contributed by atoms with van der Waals surface area (Å²) < 4.78 is 0. The van der Waals surface area contributed by atoms with Crippen LogP contribution in [0, 0.1) is 17.8 Å². The van der Waals surface area contributed by atoms with Crippen LogP contribution in [-0.4, -0.2) is 38.8 Å². The Morgan fingerprint density at radius 3 is 2.35 bits per heavy atom. The molecule has 3 rings (SSSR count). The van der Waals surface area contributed by atoms with E-state index in [-0.39, 0.29) is 0 Å². The van der Waals surface area contributed by atoms with Gasteiger partial charge in [0.2, 0.25) is 0 Å². The van der Waals surface area contributed by atoms with Gasteiger partial charge in [-0.3, -0.25) is 0 Å². The Balaban J connectivity index is 1.47. The van der Waals surface area contributed by atoms with E-state index in [1.165, 1.54) is 45.6 Å². The van der Waals surface area contributed by atoms with Gasteiger partial charge in [-0.1, -0.05) is 12.2 Å². The highest BCUT2D eigenvalue weighted by Crippen LogP contribution is 2.42. The van der Waals surface area contributed by atoms with Crippen molar-refractivity contribution in [1.82, 2.24) is 0 Å². The van der Waals surface area contributed by atoms with Crippen molar-refractivity contribution >= 4 is 0 Å². The Morgan fingerprint density at radius 2 is 1.82 bits per heavy atom. The SMILES string of the molecule is CC(C)[NH+]1CC[NH+](C[C@H]2C[C@H]3C=C[C@@H]2C3)CC1. The summed E-state index contributed by atoms with van der Waals surface area (Å²) >= 11 is 0. The summed E-state index contributed by atoms with van der Waals surface area (Å²) in [6.07, 6.45) is 7.94. The molecular weight excluding hydrogens is 208 g/mol. The molecule has 0 aromatic heterocycles. The van der Waals surface area contributed by atoms with Crippen molar-refractivity contribution in [3.63, 3.8) is 0 Å². The first-order chi connectivity index (χ1) is 8.22. The van der Waals surface area contributed by atoms with Crippen LogP contribution in [0.5, 0.6) is 0 Å². The van der Waals surface area contributed by atoms with Crippen molar-refractivity contribution in [1.29, 1.82) is 0 Å². The van der Waals surface area contributed by atoms with E-state index in [0.717, 1.165) is 23.8 Å². The van der Waals surface area contributed by atoms with Crippen molar-refractivity contribution in [2.75, 3.05) is 32.7 Å². The Hall–Kier alpha value is -0.340. The van der Waals surface area contributed by atoms with Gasteiger partial charge in [-0.25, -0.2) is 0 Å². The zero-order chi connectivity index (χ0) is 11.8. The maximum atomic E-state index is 2.51. The van der Waals surface area contributed by atoms with Gasteiger partial charge in [0.15, 0.2) is 0 Å². The average molecular weight is 236 g/mol. The predicted molar refractivity (Wildman–Crippen MR) is 70.2 cm³/mol. The van der Waals surface area contributed by atoms with Gasteiger partial charge in [0, 0.05) is 5.92 Å². The van der Waals surface area contributed by atoms with Crippen LogP contribution in [0.4, 0.5) is 0 Å². The maximum Gasteiger partial charge on any atom is 0.127 e. The third-order valence-corrected chi connectivity index (χ3v) is 5.38. The molecule has 0 spiro atoms. The number of fused-ring (bicyclic) bond motifs is 2. The normalized spacial score (nSPS) is 44.8. The molecule has 0 radical (unpaired) electrons. The van der Waals surface area contributed by atoms with Crippen LogP contribution in [-0.2, 0) is 0 Å². The predicted octanol–water partition coefficient (Wildman–Crippen LogP) is -0.610. The molecule has 3 atom stereocenters. The van der Waals surface area contributed by atoms with Crippen molar-refractivity contribution in [3.8, 4) is 0 Å². The van der Waals surface area contributed by atoms with Gasteiger partial charge in [-0.15, -0.1) is 0 Å². The van der Waals surface area contributed by atoms with E-state index in [2.05, 4.69) is 26.0 Å². The highest BCUT2D eigenvalue weighted by Gasteiger charge is 2.38. The maximum absolute atomic E-state index is 2.51. The number of allylic oxidation sites excluding steroid dienone is 2. The number of piperazine rings is 1. The third-order valence-electron chi connectivity index (χ3n) is 5.38. The summed E-state index contributed by atoms with van der Waals surface area (Å²) in [5, 5.41) is 0. The lowest BCUT2D eigenvalue weighted by Crippen LogP contribution is -3.29. The summed E-state index contributed by atoms with van der Waals surface area (Å²) in [4.78, 5) is 3.71. The number of nitrogens with one attached hydrogen (secondary N) is 2. The van der Waals surface area contributed by atoms with E-state index in [0.29, 0.717) is 0 Å². The second-order valence-electron chi connectivity index (χ2n) is 6.81. The van der Waals surface area contributed by atoms with Crippen molar-refractivity contribution < 1.29 is 9.80 Å². The van der Waals surface area contributed by atoms with Crippen LogP contribution in [0.25, 0.3) is 0 Å². The molecule has 3 aliphatic rings. The smallest absolute Gasteiger partial charge is 0.127 e. The van der Waals surface area contributed by atoms with E-state index >= 15 is 0 Å². The number of quaternary nitrogens is 2. The summed E-state index contributed by atoms with van der Waals surface area (Å²) in [7, 11) is 0. The molecule has 1 heterocycles. The Labute approximate surface area is 106 Å². The van der Waals surface area contributed by atoms with Crippen molar-refractivity contribution in [3.05, 3.63) is 12.2 Å². The first kappa shape index (κ1) is 11.7. The van der Waals surface area contributed by atoms with E-state index in [9.17, 15) is 0 Å². The highest BCUT2D eigenvalue weighted by molar-refractivity contribution is 5.09. The van der Waals surface area contributed by atoms with E-state index < -0.39 is 0 Å². The molecule has 2 bridgehead atoms. The van der Waals surface area contributed by atoms with Crippen molar-refractivity contribution in [2.45, 2.75) is 32.7 Å². The Kier molecular flexibility index (Phi) is 3.27. The quantitative estimate of drug-likeness (QED) is 0.605. The molecule has 0 aromatic carbocycles. The summed E-state index contributed by atoms with van der Waals surface area (Å²) in [6.45, 7) is 11.8. The second-order valence-corrected chi connectivity index (χ2v) is 6.81. The Morgan fingerprint density at radius 1 is 1.06 bits per heavy atom. The lowest BCUT2D eigenvalue weighted by atomic mass is 9.93. The Bertz CT molecular complexity index is 289. The molecule has 2 fully saturated rings. The molecule has 0 amide bonds. The van der Waals surface area contributed by atoms with Gasteiger partial charge in [-0.05, 0) is 38.5 Å². The fraction of sp³-hybridized carbons (Fsp3) is 0.867. The molecule has 17 heavy (non-hydrogen) atoms. The molecule has 1 saturated heterocycles. The highest BCUT2D eigenvalue weighted by atomic mass is 15.3. The average Bonchev–Trinajstić information content (AvgIpc) is 2.91. The molecule has 2 heteroatoms. The third kappa shape index (κ3) is 2.43. The molecule has 2 N–H and O–H groups in total. The van der Waals surface area contributed by atoms with Gasteiger partial charge in [0.1, 0.15) is 26.2 Å². The molecule has 96 valence electrons. The fourth-order valence-corrected chi connectivity index (χ4v) is 4.21. The minimum Gasteiger partial charge on any atom is -0.325 e. The molecule has 1 saturated carbocycles. The van der Waals surface area contributed by atoms with Crippen LogP contribution < -0.4 is 9.80 Å². The topological polar surface area (TPSA) is 8.88 Å². The molecular formula is C15H28N2+2. The monoisotopic (exact) mass is 236 g/mol. The fourth-order valence-electron chi connectivity index (χ4n) is 4.21. The summed E-state index contributed by atoms with van der Waals surface area (Å²) in [5.74, 6) is 2.91. The van der Waals surface area contributed by atoms with Gasteiger partial charge in [0.05, 0.1) is 12.6 Å². The van der Waals surface area contributed by atoms with Crippen LogP contribution in [0.1, 0.15) is 26.7 Å². The first-order valence-corrected chi connectivity index (χ1v) is 7.59. The molecule has 0 aromatic rings. The minimum atomic E-state index is 0.821. The molecule has 1 aliphatic heterocycles. The van der Waals surface area contributed by atoms with Gasteiger partial charge in [-0.2, -0.15) is 0 Å². The number of hydrogen-bond donors (Lipinski definition) is 2. The van der Waals surface area contributed by atoms with Crippen LogP contribution >= 0.6 is 0 Å². The van der Waals surface area contributed by atoms with Crippen LogP contribution in [0.2, 0.25) is 0 Å². The molecule has 0 unspecified atom stereocenters. The standard InChI is InChI=1S/C15H26N2/c1-12(2)17-7-5-16(6-8-17)11-15-10-13-3-4-14(15)9-13/h3-4,12-15H,5-11H2,1-2H3/p+2/t13-,14+,15+/m0/s1. The lowest BCUT2D eigenvalue weighted by molar-refractivity contribution is -1.02. The van der Waals surface area contributed by atoms with E-state index in [1.54, 1.807) is 0 Å². The first-order valence-electron chi connectivity index (χ1n) is 7.59. The van der Waals surface area contributed by atoms with Crippen LogP contribution in [0.3, 0.4) is 0 Å². The largest absolute Gasteiger partial charge is 0.325 e. The summed E-state index contributed by atoms with van der Waals surface area (Å²) in [5.41, 5.74) is 0. The second kappa shape index (κ2) is 4.74. The van der Waals surface area contributed by atoms with Gasteiger partial charge < -0.3 is 9.80 Å². The van der Waals surface area contributed by atoms with Crippen molar-refractivity contribution in [2.24, 2.45) is 17.8 Å². The molecule has 2 aliphatic carbocycles. The lowest BCUT2D eigenvalue weighted by Gasteiger charge is -2.34. The zero-order valence-corrected chi connectivity index (χ0v) is 11.4. The summed E-state index contributed by atoms with van der Waals surface area (Å²) in [6, 6.07) is 0.821. The van der Waals surface area contributed by atoms with Gasteiger partial charge >= 0.3 is 0 Å². The van der Waals surface area contributed by atoms with E-state index in [1.807, 2.05) is 9.80 Å². The zero-order valence-electron chi connectivity index (χ0n) is 11.4.